The molecule has 4 nitrogen and oxygen atoms in total. The standard InChI is InChI=1S/C14H16Cl3NO3S/c1-3-4-5-10-18(13(19)14(15,16)17)22(20,21)12-8-6-11(2)7-9-12/h3,6-9H,1,4-5,10H2,2H3. The molecule has 0 N–H and O–H groups in total. The lowest BCUT2D eigenvalue weighted by atomic mass is 10.2. The maximum Gasteiger partial charge on any atom is 0.288 e. The van der Waals surface area contributed by atoms with E-state index in [9.17, 15) is 13.2 Å². The normalized spacial score (nSPS) is 12.0. The summed E-state index contributed by atoms with van der Waals surface area (Å²) >= 11 is 16.7. The fraction of sp³-hybridized carbons (Fsp3) is 0.357. The van der Waals surface area contributed by atoms with Crippen molar-refractivity contribution in [1.82, 2.24) is 4.31 Å². The first-order valence-corrected chi connectivity index (χ1v) is 8.99. The van der Waals surface area contributed by atoms with E-state index in [1.54, 1.807) is 18.2 Å². The number of unbranched alkanes of at least 4 members (excludes halogenated alkanes) is 1. The number of alkyl halides is 3. The van der Waals surface area contributed by atoms with Gasteiger partial charge in [0.15, 0.2) is 0 Å². The Labute approximate surface area is 145 Å². The Bertz CT molecular complexity index is 636. The van der Waals surface area contributed by atoms with Gasteiger partial charge >= 0.3 is 0 Å². The molecule has 0 saturated carbocycles. The molecule has 0 fully saturated rings. The second-order valence-electron chi connectivity index (χ2n) is 4.62. The Morgan fingerprint density at radius 3 is 2.27 bits per heavy atom. The molecule has 0 aliphatic heterocycles. The summed E-state index contributed by atoms with van der Waals surface area (Å²) in [5, 5.41) is 0. The van der Waals surface area contributed by atoms with Crippen LogP contribution in [0.4, 0.5) is 0 Å². The predicted octanol–water partition coefficient (Wildman–Crippen LogP) is 3.85. The molecule has 1 amide bonds. The highest BCUT2D eigenvalue weighted by Gasteiger charge is 2.41. The Morgan fingerprint density at radius 1 is 1.27 bits per heavy atom. The van der Waals surface area contributed by atoms with Crippen LogP contribution in [0.25, 0.3) is 0 Å². The lowest BCUT2D eigenvalue weighted by Crippen LogP contribution is -2.43. The highest BCUT2D eigenvalue weighted by Crippen LogP contribution is 2.31. The SMILES string of the molecule is C=CCCCN(C(=O)C(Cl)(Cl)Cl)S(=O)(=O)c1ccc(C)cc1. The first-order chi connectivity index (χ1) is 10.1. The van der Waals surface area contributed by atoms with Gasteiger partial charge < -0.3 is 0 Å². The van der Waals surface area contributed by atoms with E-state index in [-0.39, 0.29) is 11.4 Å². The molecule has 122 valence electrons. The predicted molar refractivity (Wildman–Crippen MR) is 89.8 cm³/mol. The van der Waals surface area contributed by atoms with E-state index in [1.165, 1.54) is 12.1 Å². The van der Waals surface area contributed by atoms with Crippen molar-refractivity contribution in [3.8, 4) is 0 Å². The van der Waals surface area contributed by atoms with E-state index in [1.807, 2.05) is 6.92 Å². The molecular weight excluding hydrogens is 369 g/mol. The number of carbonyl (C=O) groups is 1. The topological polar surface area (TPSA) is 54.5 Å². The lowest BCUT2D eigenvalue weighted by Gasteiger charge is -2.25. The zero-order valence-electron chi connectivity index (χ0n) is 11.9. The number of amides is 1. The van der Waals surface area contributed by atoms with E-state index in [0.29, 0.717) is 17.1 Å². The molecular formula is C14H16Cl3NO3S. The van der Waals surface area contributed by atoms with Crippen molar-refractivity contribution in [3.05, 3.63) is 42.5 Å². The molecule has 8 heteroatoms. The molecule has 22 heavy (non-hydrogen) atoms. The summed E-state index contributed by atoms with van der Waals surface area (Å²) < 4.78 is 23.5. The maximum absolute atomic E-state index is 12.6. The number of aryl methyl sites for hydroxylation is 1. The first-order valence-electron chi connectivity index (χ1n) is 6.42. The minimum absolute atomic E-state index is 0.0284. The van der Waals surface area contributed by atoms with Crippen molar-refractivity contribution in [2.45, 2.75) is 28.5 Å². The van der Waals surface area contributed by atoms with Gasteiger partial charge in [0.2, 0.25) is 0 Å². The van der Waals surface area contributed by atoms with Gasteiger partial charge in [-0.15, -0.1) is 6.58 Å². The largest absolute Gasteiger partial charge is 0.288 e. The van der Waals surface area contributed by atoms with Crippen LogP contribution in [0.1, 0.15) is 18.4 Å². The quantitative estimate of drug-likeness (QED) is 0.425. The van der Waals surface area contributed by atoms with Gasteiger partial charge in [-0.1, -0.05) is 58.6 Å². The fourth-order valence-electron chi connectivity index (χ4n) is 1.69. The van der Waals surface area contributed by atoms with Gasteiger partial charge in [0.05, 0.1) is 4.90 Å². The highest BCUT2D eigenvalue weighted by atomic mass is 35.6. The number of nitrogens with zero attached hydrogens (tertiary/aromatic N) is 1. The minimum Gasteiger partial charge on any atom is -0.269 e. The molecule has 0 radical (unpaired) electrons. The Hall–Kier alpha value is -0.750. The van der Waals surface area contributed by atoms with Gasteiger partial charge in [-0.3, -0.25) is 4.79 Å². The third-order valence-corrected chi connectivity index (χ3v) is 5.13. The minimum atomic E-state index is -4.08. The number of hydrogen-bond acceptors (Lipinski definition) is 3. The molecule has 1 aromatic carbocycles. The van der Waals surface area contributed by atoms with Gasteiger partial charge in [-0.05, 0) is 31.9 Å². The third kappa shape index (κ3) is 4.88. The van der Waals surface area contributed by atoms with Crippen molar-refractivity contribution in [2.75, 3.05) is 6.54 Å². The smallest absolute Gasteiger partial charge is 0.269 e. The van der Waals surface area contributed by atoms with Crippen LogP contribution >= 0.6 is 34.8 Å². The van der Waals surface area contributed by atoms with Crippen LogP contribution in [0.15, 0.2) is 41.8 Å². The molecule has 0 bridgehead atoms. The number of hydrogen-bond donors (Lipinski definition) is 0. The van der Waals surface area contributed by atoms with Gasteiger partial charge in [0, 0.05) is 6.54 Å². The summed E-state index contributed by atoms with van der Waals surface area (Å²) in [4.78, 5) is 12.1. The van der Waals surface area contributed by atoms with E-state index in [4.69, 9.17) is 34.8 Å². The van der Waals surface area contributed by atoms with E-state index in [0.717, 1.165) is 5.56 Å². The van der Waals surface area contributed by atoms with Crippen molar-refractivity contribution < 1.29 is 13.2 Å². The van der Waals surface area contributed by atoms with Gasteiger partial charge in [-0.2, -0.15) is 0 Å². The van der Waals surface area contributed by atoms with Crippen LogP contribution in [-0.2, 0) is 14.8 Å². The summed E-state index contributed by atoms with van der Waals surface area (Å²) in [5.74, 6) is -1.10. The molecule has 1 rings (SSSR count). The summed E-state index contributed by atoms with van der Waals surface area (Å²) in [6.07, 6.45) is 2.55. The number of sulfonamides is 1. The number of allylic oxidation sites excluding steroid dienone is 1. The Kier molecular flexibility index (Phi) is 6.74. The molecule has 0 atom stereocenters. The van der Waals surface area contributed by atoms with Crippen LogP contribution in [-0.4, -0.2) is 29.0 Å². The van der Waals surface area contributed by atoms with Crippen molar-refractivity contribution in [3.63, 3.8) is 0 Å². The zero-order chi connectivity index (χ0) is 17.0. The summed E-state index contributed by atoms with van der Waals surface area (Å²) in [6, 6.07) is 6.09. The molecule has 0 aromatic heterocycles. The van der Waals surface area contributed by atoms with Crippen LogP contribution in [0.2, 0.25) is 0 Å². The van der Waals surface area contributed by atoms with E-state index in [2.05, 4.69) is 6.58 Å². The maximum atomic E-state index is 12.6. The number of rotatable bonds is 6. The Morgan fingerprint density at radius 2 is 1.82 bits per heavy atom. The average Bonchev–Trinajstić information content (AvgIpc) is 2.42. The number of halogens is 3. The Balaban J connectivity index is 3.20. The van der Waals surface area contributed by atoms with Gasteiger partial charge in [0.25, 0.3) is 19.7 Å². The average molecular weight is 385 g/mol. The molecule has 0 aliphatic carbocycles. The lowest BCUT2D eigenvalue weighted by molar-refractivity contribution is -0.125. The van der Waals surface area contributed by atoms with Crippen LogP contribution in [0.5, 0.6) is 0 Å². The molecule has 0 heterocycles. The summed E-state index contributed by atoms with van der Waals surface area (Å²) in [6.45, 7) is 5.29. The molecule has 0 aliphatic rings. The van der Waals surface area contributed by atoms with E-state index >= 15 is 0 Å². The van der Waals surface area contributed by atoms with Gasteiger partial charge in [-0.25, -0.2) is 12.7 Å². The molecule has 0 saturated heterocycles. The second kappa shape index (κ2) is 7.68. The first kappa shape index (κ1) is 19.3. The molecule has 0 unspecified atom stereocenters. The fourth-order valence-corrected chi connectivity index (χ4v) is 3.60. The molecule has 0 spiro atoms. The number of carbonyl (C=O) groups excluding carboxylic acids is 1. The monoisotopic (exact) mass is 383 g/mol. The third-order valence-electron chi connectivity index (χ3n) is 2.85. The van der Waals surface area contributed by atoms with Crippen molar-refractivity contribution in [2.24, 2.45) is 0 Å². The highest BCUT2D eigenvalue weighted by molar-refractivity contribution is 7.89. The van der Waals surface area contributed by atoms with Crippen LogP contribution in [0.3, 0.4) is 0 Å². The summed E-state index contributed by atoms with van der Waals surface area (Å²) in [7, 11) is -4.08. The molecule has 1 aromatic rings. The van der Waals surface area contributed by atoms with Crippen LogP contribution in [0, 0.1) is 6.92 Å². The van der Waals surface area contributed by atoms with Gasteiger partial charge in [0.1, 0.15) is 0 Å². The van der Waals surface area contributed by atoms with Crippen LogP contribution < -0.4 is 0 Å². The van der Waals surface area contributed by atoms with Crippen molar-refractivity contribution >= 4 is 50.7 Å². The zero-order valence-corrected chi connectivity index (χ0v) is 15.0. The van der Waals surface area contributed by atoms with Crippen molar-refractivity contribution in [1.29, 1.82) is 0 Å². The second-order valence-corrected chi connectivity index (χ2v) is 8.77. The number of benzene rings is 1. The van der Waals surface area contributed by atoms with E-state index < -0.39 is 19.7 Å². The summed E-state index contributed by atoms with van der Waals surface area (Å²) in [5.41, 5.74) is 0.893.